The Kier molecular flexibility index (Phi) is 4.82. The highest BCUT2D eigenvalue weighted by atomic mass is 32.2. The highest BCUT2D eigenvalue weighted by Gasteiger charge is 2.58. The number of nitrogens with zero attached hydrogens (tertiary/aromatic N) is 5. The number of amides is 2. The summed E-state index contributed by atoms with van der Waals surface area (Å²) in [6, 6.07) is 5.25. The van der Waals surface area contributed by atoms with Gasteiger partial charge in [0.05, 0.1) is 6.04 Å². The molecule has 3 heterocycles. The molecule has 3 aliphatic carbocycles. The van der Waals surface area contributed by atoms with Crippen molar-refractivity contribution < 1.29 is 18.5 Å². The van der Waals surface area contributed by atoms with E-state index in [0.29, 0.717) is 22.7 Å². The van der Waals surface area contributed by atoms with Gasteiger partial charge < -0.3 is 14.9 Å². The Balaban J connectivity index is 0.857. The zero-order valence-corrected chi connectivity index (χ0v) is 21.3. The van der Waals surface area contributed by atoms with E-state index in [-0.39, 0.29) is 22.7 Å². The average Bonchev–Trinajstić information content (AvgIpc) is 3.26. The maximum absolute atomic E-state index is 13.9. The van der Waals surface area contributed by atoms with Crippen LogP contribution in [0.5, 0.6) is 0 Å². The fourth-order valence-corrected chi connectivity index (χ4v) is 7.79. The van der Waals surface area contributed by atoms with Crippen molar-refractivity contribution in [3.8, 4) is 0 Å². The van der Waals surface area contributed by atoms with E-state index in [1.54, 1.807) is 18.6 Å². The van der Waals surface area contributed by atoms with Crippen LogP contribution in [0.15, 0.2) is 29.4 Å². The molecule has 0 radical (unpaired) electrons. The summed E-state index contributed by atoms with van der Waals surface area (Å²) in [5, 5.41) is 14.7. The van der Waals surface area contributed by atoms with E-state index in [9.17, 15) is 18.5 Å². The summed E-state index contributed by atoms with van der Waals surface area (Å²) in [7, 11) is -1.18. The number of rotatable bonds is 5. The predicted molar refractivity (Wildman–Crippen MR) is 130 cm³/mol. The lowest BCUT2D eigenvalue weighted by molar-refractivity contribution is -0.107. The summed E-state index contributed by atoms with van der Waals surface area (Å²) in [4.78, 5) is 21.8. The maximum atomic E-state index is 13.9. The molecule has 2 aromatic rings. The number of carbonyl (C=O) groups is 1. The third-order valence-corrected chi connectivity index (χ3v) is 10.1. The largest absolute Gasteiger partial charge is 0.382 e. The number of halogens is 1. The average molecular weight is 514 g/mol. The first kappa shape index (κ1) is 22.8. The van der Waals surface area contributed by atoms with Crippen molar-refractivity contribution in [2.24, 2.45) is 16.7 Å². The molecule has 2 saturated heterocycles. The topological polar surface area (TPSA) is 91.6 Å². The number of urea groups is 1. The van der Waals surface area contributed by atoms with E-state index in [0.717, 1.165) is 76.7 Å². The van der Waals surface area contributed by atoms with Crippen molar-refractivity contribution in [3.63, 3.8) is 0 Å². The number of carbonyl (C=O) groups excluding carboxylic acids is 1. The minimum atomic E-state index is -1.18. The molecule has 1 aromatic heterocycles. The van der Waals surface area contributed by atoms with Gasteiger partial charge in [-0.25, -0.2) is 18.9 Å². The number of hydrogen-bond acceptors (Lipinski definition) is 5. The Morgan fingerprint density at radius 2 is 1.72 bits per heavy atom. The third kappa shape index (κ3) is 3.70. The normalized spacial score (nSPS) is 26.2. The molecule has 1 aromatic carbocycles. The Bertz CT molecular complexity index is 1250. The molecule has 7 rings (SSSR count). The molecule has 5 fully saturated rings. The lowest BCUT2D eigenvalue weighted by Gasteiger charge is -2.63. The number of likely N-dealkylation sites (tertiary alicyclic amines) is 2. The summed E-state index contributed by atoms with van der Waals surface area (Å²) >= 11 is 0. The van der Waals surface area contributed by atoms with Gasteiger partial charge >= 0.3 is 6.03 Å². The van der Waals surface area contributed by atoms with Crippen molar-refractivity contribution in [3.05, 3.63) is 41.7 Å². The second-order valence-electron chi connectivity index (χ2n) is 12.4. The van der Waals surface area contributed by atoms with Crippen LogP contribution in [0, 0.1) is 22.6 Å². The highest BCUT2D eigenvalue weighted by Crippen LogP contribution is 2.56. The molecule has 2 spiro atoms. The lowest BCUT2D eigenvalue weighted by Crippen LogP contribution is -2.71. The highest BCUT2D eigenvalue weighted by molar-refractivity contribution is 7.84. The van der Waals surface area contributed by atoms with Gasteiger partial charge in [0.25, 0.3) is 0 Å². The molecule has 192 valence electrons. The first-order chi connectivity index (χ1) is 17.1. The van der Waals surface area contributed by atoms with E-state index in [4.69, 9.17) is 0 Å². The second kappa shape index (κ2) is 7.60. The summed E-state index contributed by atoms with van der Waals surface area (Å²) in [6.45, 7) is 3.29. The van der Waals surface area contributed by atoms with Crippen LogP contribution < -0.4 is 0 Å². The molecular formula is C26H32FN5O3S. The van der Waals surface area contributed by atoms with Crippen molar-refractivity contribution in [1.29, 1.82) is 0 Å². The minimum absolute atomic E-state index is 0.164. The molecule has 3 saturated carbocycles. The zero-order chi connectivity index (χ0) is 24.9. The van der Waals surface area contributed by atoms with E-state index in [1.165, 1.54) is 6.07 Å². The molecule has 1 atom stereocenters. The Morgan fingerprint density at radius 3 is 2.33 bits per heavy atom. The molecule has 2 aliphatic heterocycles. The smallest absolute Gasteiger partial charge is 0.320 e. The first-order valence-corrected chi connectivity index (χ1v) is 14.5. The molecular weight excluding hydrogens is 481 g/mol. The number of aliphatic hydroxyl groups is 1. The van der Waals surface area contributed by atoms with Gasteiger partial charge in [-0.3, -0.25) is 4.21 Å². The molecule has 2 amide bonds. The van der Waals surface area contributed by atoms with Gasteiger partial charge in [0.15, 0.2) is 5.82 Å². The van der Waals surface area contributed by atoms with Crippen molar-refractivity contribution in [2.75, 3.05) is 32.4 Å². The van der Waals surface area contributed by atoms with E-state index in [2.05, 4.69) is 10.1 Å². The van der Waals surface area contributed by atoms with Gasteiger partial charge in [-0.2, -0.15) is 5.10 Å². The first-order valence-electron chi connectivity index (χ1n) is 12.9. The lowest BCUT2D eigenvalue weighted by atomic mass is 9.56. The number of aromatic nitrogens is 3. The van der Waals surface area contributed by atoms with Crippen molar-refractivity contribution >= 4 is 16.8 Å². The molecule has 1 N–H and O–H groups in total. The van der Waals surface area contributed by atoms with Crippen LogP contribution in [-0.4, -0.2) is 72.3 Å². The quantitative estimate of drug-likeness (QED) is 0.664. The molecule has 5 aliphatic rings. The molecule has 8 nitrogen and oxygen atoms in total. The van der Waals surface area contributed by atoms with Crippen LogP contribution in [0.1, 0.15) is 56.0 Å². The minimum Gasteiger partial charge on any atom is -0.382 e. The third-order valence-electron chi connectivity index (χ3n) is 9.24. The van der Waals surface area contributed by atoms with Gasteiger partial charge in [-0.1, -0.05) is 0 Å². The van der Waals surface area contributed by atoms with Crippen LogP contribution in [0.3, 0.4) is 0 Å². The van der Waals surface area contributed by atoms with Gasteiger partial charge in [0.1, 0.15) is 17.7 Å². The summed E-state index contributed by atoms with van der Waals surface area (Å²) in [5.41, 5.74) is 0.590. The van der Waals surface area contributed by atoms with E-state index >= 15 is 0 Å². The summed E-state index contributed by atoms with van der Waals surface area (Å²) in [5.74, 6) is 0.733. The van der Waals surface area contributed by atoms with Crippen molar-refractivity contribution in [2.45, 2.75) is 61.5 Å². The number of benzene rings is 1. The van der Waals surface area contributed by atoms with Crippen LogP contribution in [0.2, 0.25) is 0 Å². The molecule has 0 bridgehead atoms. The Morgan fingerprint density at radius 1 is 1.08 bits per heavy atom. The fraction of sp³-hybridized carbons (Fsp3) is 0.654. The molecule has 1 unspecified atom stereocenters. The van der Waals surface area contributed by atoms with Crippen LogP contribution in [0.25, 0.3) is 0 Å². The fourth-order valence-electron chi connectivity index (χ4n) is 7.19. The molecule has 10 heteroatoms. The van der Waals surface area contributed by atoms with Crippen LogP contribution in [-0.2, 0) is 22.8 Å². The molecule has 36 heavy (non-hydrogen) atoms. The zero-order valence-electron chi connectivity index (χ0n) is 20.5. The Hall–Kier alpha value is -2.33. The Labute approximate surface area is 212 Å². The van der Waals surface area contributed by atoms with Crippen molar-refractivity contribution in [1.82, 2.24) is 24.6 Å². The van der Waals surface area contributed by atoms with E-state index in [1.807, 2.05) is 20.5 Å². The maximum Gasteiger partial charge on any atom is 0.320 e. The monoisotopic (exact) mass is 513 g/mol. The van der Waals surface area contributed by atoms with Gasteiger partial charge in [-0.05, 0) is 74.6 Å². The summed E-state index contributed by atoms with van der Waals surface area (Å²) in [6.07, 6.45) is 9.78. The van der Waals surface area contributed by atoms with Crippen LogP contribution in [0.4, 0.5) is 9.18 Å². The standard InChI is InChI=1S/C26H32FN5O3S/c1-36(35)21-6-17(5-19(27)7-21)4-18-8-24(9-18)12-30(13-24)23(33)31-14-25(15-31)10-20(11-25)32-16-28-22(29-32)26(34)2-3-26/h5-7,16,18,20,34H,2-4,8-15H2,1H3. The van der Waals surface area contributed by atoms with Gasteiger partial charge in [-0.15, -0.1) is 0 Å². The van der Waals surface area contributed by atoms with Gasteiger partial charge in [0.2, 0.25) is 0 Å². The predicted octanol–water partition coefficient (Wildman–Crippen LogP) is 2.85. The second-order valence-corrected chi connectivity index (χ2v) is 13.7. The number of hydrogen-bond donors (Lipinski definition) is 1. The summed E-state index contributed by atoms with van der Waals surface area (Å²) < 4.78 is 27.5. The van der Waals surface area contributed by atoms with Crippen LogP contribution >= 0.6 is 0 Å². The SMILES string of the molecule is CS(=O)c1cc(F)cc(CC2CC3(C2)CN(C(=O)N2CC4(CC(n5cnc(C6(O)CC6)n5)C4)C2)C3)c1. The van der Waals surface area contributed by atoms with Gasteiger partial charge in [0, 0.05) is 59.0 Å². The van der Waals surface area contributed by atoms with E-state index < -0.39 is 16.4 Å².